The highest BCUT2D eigenvalue weighted by atomic mass is 16.6. The van der Waals surface area contributed by atoms with E-state index in [1.165, 1.54) is 28.9 Å². The summed E-state index contributed by atoms with van der Waals surface area (Å²) in [7, 11) is 0. The minimum Gasteiger partial charge on any atom is -0.462 e. The molecule has 4 aromatic rings. The molecular weight excluding hydrogens is 460 g/mol. The van der Waals surface area contributed by atoms with Crippen molar-refractivity contribution >= 4 is 23.2 Å². The molecule has 0 saturated heterocycles. The molecule has 0 saturated carbocycles. The molecule has 36 heavy (non-hydrogen) atoms. The summed E-state index contributed by atoms with van der Waals surface area (Å²) in [6.07, 6.45) is 0. The number of hydrogen-bond acceptors (Lipinski definition) is 8. The van der Waals surface area contributed by atoms with Crippen LogP contribution in [0, 0.1) is 21.4 Å². The van der Waals surface area contributed by atoms with Crippen molar-refractivity contribution in [1.29, 1.82) is 5.26 Å². The van der Waals surface area contributed by atoms with Gasteiger partial charge < -0.3 is 4.74 Å². The van der Waals surface area contributed by atoms with E-state index in [4.69, 9.17) is 4.74 Å². The van der Waals surface area contributed by atoms with Gasteiger partial charge in [-0.3, -0.25) is 15.5 Å². The van der Waals surface area contributed by atoms with Gasteiger partial charge in [0.25, 0.3) is 5.69 Å². The molecule has 4 rings (SSSR count). The van der Waals surface area contributed by atoms with Crippen LogP contribution < -0.4 is 5.43 Å². The molecule has 0 radical (unpaired) electrons. The smallest absolute Gasteiger partial charge is 0.344 e. The first kappa shape index (κ1) is 23.8. The summed E-state index contributed by atoms with van der Waals surface area (Å²) in [6, 6.07) is 25.7. The molecule has 178 valence electrons. The Kier molecular flexibility index (Phi) is 7.12. The van der Waals surface area contributed by atoms with E-state index in [1.807, 2.05) is 66.7 Å². The fourth-order valence-corrected chi connectivity index (χ4v) is 3.48. The van der Waals surface area contributed by atoms with Gasteiger partial charge >= 0.3 is 5.97 Å². The SMILES string of the molecule is CCOC(=O)c1c(-c2ccccc2)nn(-c2ccccc2)c1N/N=C(\C#N)c1ccc([N+](=O)[O-])cc1. The van der Waals surface area contributed by atoms with Gasteiger partial charge in [0.2, 0.25) is 0 Å². The van der Waals surface area contributed by atoms with Crippen LogP contribution in [0.3, 0.4) is 0 Å². The number of ether oxygens (including phenoxy) is 1. The zero-order valence-corrected chi connectivity index (χ0v) is 19.2. The van der Waals surface area contributed by atoms with Gasteiger partial charge in [-0.25, -0.2) is 9.48 Å². The fourth-order valence-electron chi connectivity index (χ4n) is 3.48. The van der Waals surface area contributed by atoms with Crippen LogP contribution in [0.25, 0.3) is 16.9 Å². The van der Waals surface area contributed by atoms with E-state index in [0.29, 0.717) is 22.5 Å². The van der Waals surface area contributed by atoms with E-state index >= 15 is 0 Å². The van der Waals surface area contributed by atoms with Crippen molar-refractivity contribution in [1.82, 2.24) is 9.78 Å². The third-order valence-corrected chi connectivity index (χ3v) is 5.14. The third kappa shape index (κ3) is 4.95. The molecule has 1 heterocycles. The van der Waals surface area contributed by atoms with Crippen LogP contribution in [-0.4, -0.2) is 33.0 Å². The number of nitriles is 1. The minimum absolute atomic E-state index is 0.0400. The summed E-state index contributed by atoms with van der Waals surface area (Å²) in [6.45, 7) is 1.86. The van der Waals surface area contributed by atoms with Gasteiger partial charge in [0, 0.05) is 23.3 Å². The number of hydrogen-bond donors (Lipinski definition) is 1. The predicted molar refractivity (Wildman–Crippen MR) is 134 cm³/mol. The number of nitrogens with one attached hydrogen (secondary N) is 1. The van der Waals surface area contributed by atoms with Gasteiger partial charge in [-0.05, 0) is 31.2 Å². The van der Waals surface area contributed by atoms with Crippen LogP contribution in [-0.2, 0) is 4.74 Å². The number of nitro benzene ring substituents is 1. The predicted octanol–water partition coefficient (Wildman–Crippen LogP) is 4.96. The van der Waals surface area contributed by atoms with Gasteiger partial charge in [-0.15, -0.1) is 0 Å². The second kappa shape index (κ2) is 10.8. The molecule has 3 aromatic carbocycles. The van der Waals surface area contributed by atoms with Crippen LogP contribution in [0.1, 0.15) is 22.8 Å². The van der Waals surface area contributed by atoms with Crippen LogP contribution >= 0.6 is 0 Å². The summed E-state index contributed by atoms with van der Waals surface area (Å²) >= 11 is 0. The molecular formula is C26H20N6O4. The Labute approximate surface area is 206 Å². The molecule has 10 nitrogen and oxygen atoms in total. The number of nitrogens with zero attached hydrogens (tertiary/aromatic N) is 5. The zero-order chi connectivity index (χ0) is 25.5. The van der Waals surface area contributed by atoms with Gasteiger partial charge in [-0.2, -0.15) is 15.5 Å². The fraction of sp³-hybridized carbons (Fsp3) is 0.0769. The van der Waals surface area contributed by atoms with Crippen LogP contribution in [0.4, 0.5) is 11.5 Å². The Hall–Kier alpha value is -5.30. The lowest BCUT2D eigenvalue weighted by Crippen LogP contribution is -2.11. The highest BCUT2D eigenvalue weighted by Crippen LogP contribution is 2.32. The lowest BCUT2D eigenvalue weighted by Gasteiger charge is -2.09. The van der Waals surface area contributed by atoms with Gasteiger partial charge in [0.15, 0.2) is 11.5 Å². The number of hydrazone groups is 1. The van der Waals surface area contributed by atoms with E-state index in [-0.39, 0.29) is 29.4 Å². The Bertz CT molecular complexity index is 1460. The van der Waals surface area contributed by atoms with Crippen LogP contribution in [0.5, 0.6) is 0 Å². The number of nitro groups is 1. The lowest BCUT2D eigenvalue weighted by atomic mass is 10.1. The quantitative estimate of drug-likeness (QED) is 0.163. The molecule has 0 fully saturated rings. The largest absolute Gasteiger partial charge is 0.462 e. The molecule has 1 N–H and O–H groups in total. The number of non-ortho nitro benzene ring substituents is 1. The highest BCUT2D eigenvalue weighted by molar-refractivity contribution is 6.12. The first-order valence-corrected chi connectivity index (χ1v) is 10.9. The minimum atomic E-state index is -0.606. The maximum absolute atomic E-state index is 13.1. The first-order chi connectivity index (χ1) is 17.5. The normalized spacial score (nSPS) is 10.9. The number of rotatable bonds is 8. The van der Waals surface area contributed by atoms with Crippen LogP contribution in [0.2, 0.25) is 0 Å². The van der Waals surface area contributed by atoms with Crippen molar-refractivity contribution < 1.29 is 14.5 Å². The summed E-state index contributed by atoms with van der Waals surface area (Å²) in [5.74, 6) is -0.404. The van der Waals surface area contributed by atoms with Gasteiger partial charge in [0.05, 0.1) is 17.2 Å². The van der Waals surface area contributed by atoms with Crippen LogP contribution in [0.15, 0.2) is 90.0 Å². The number of carbonyl (C=O) groups is 1. The molecule has 0 aliphatic carbocycles. The monoisotopic (exact) mass is 480 g/mol. The molecule has 0 amide bonds. The summed E-state index contributed by atoms with van der Waals surface area (Å²) in [5.41, 5.74) is 4.91. The Morgan fingerprint density at radius 2 is 1.72 bits per heavy atom. The van der Waals surface area contributed by atoms with E-state index in [9.17, 15) is 20.2 Å². The second-order valence-electron chi connectivity index (χ2n) is 7.39. The van der Waals surface area contributed by atoms with Crippen molar-refractivity contribution in [2.75, 3.05) is 12.0 Å². The first-order valence-electron chi connectivity index (χ1n) is 10.9. The molecule has 1 aromatic heterocycles. The van der Waals surface area contributed by atoms with Crippen molar-refractivity contribution in [3.63, 3.8) is 0 Å². The molecule has 0 atom stereocenters. The molecule has 0 spiro atoms. The number of aromatic nitrogens is 2. The van der Waals surface area contributed by atoms with E-state index in [1.54, 1.807) is 6.92 Å². The Morgan fingerprint density at radius 3 is 2.31 bits per heavy atom. The molecule has 0 aliphatic heterocycles. The Morgan fingerprint density at radius 1 is 1.08 bits per heavy atom. The van der Waals surface area contributed by atoms with Crippen molar-refractivity contribution in [3.05, 3.63) is 106 Å². The standard InChI is InChI=1S/C26H20N6O4/c1-2-36-26(33)23-24(19-9-5-3-6-10-19)30-31(20-11-7-4-8-12-20)25(23)29-28-22(17-27)18-13-15-21(16-14-18)32(34)35/h3-16,29H,2H2,1H3/b28-22+. The van der Waals surface area contributed by atoms with E-state index in [0.717, 1.165) is 0 Å². The van der Waals surface area contributed by atoms with Gasteiger partial charge in [0.1, 0.15) is 17.3 Å². The number of carbonyl (C=O) groups excluding carboxylic acids is 1. The third-order valence-electron chi connectivity index (χ3n) is 5.14. The zero-order valence-electron chi connectivity index (χ0n) is 19.2. The molecule has 10 heteroatoms. The van der Waals surface area contributed by atoms with Gasteiger partial charge in [-0.1, -0.05) is 48.5 Å². The van der Waals surface area contributed by atoms with E-state index < -0.39 is 10.9 Å². The number of benzene rings is 3. The maximum atomic E-state index is 13.1. The maximum Gasteiger partial charge on any atom is 0.344 e. The second-order valence-corrected chi connectivity index (χ2v) is 7.39. The topological polar surface area (TPSA) is 135 Å². The lowest BCUT2D eigenvalue weighted by molar-refractivity contribution is -0.384. The highest BCUT2D eigenvalue weighted by Gasteiger charge is 2.27. The number of esters is 1. The van der Waals surface area contributed by atoms with Crippen molar-refractivity contribution in [2.24, 2.45) is 5.10 Å². The summed E-state index contributed by atoms with van der Waals surface area (Å²) < 4.78 is 6.84. The average Bonchev–Trinajstić information content (AvgIpc) is 3.30. The average molecular weight is 480 g/mol. The molecule has 0 aliphatic rings. The summed E-state index contributed by atoms with van der Waals surface area (Å²) in [5, 5.41) is 29.6. The molecule has 0 unspecified atom stereocenters. The summed E-state index contributed by atoms with van der Waals surface area (Å²) in [4.78, 5) is 23.5. The Balaban J connectivity index is 1.86. The number of para-hydroxylation sites is 1. The van der Waals surface area contributed by atoms with Crippen molar-refractivity contribution in [3.8, 4) is 23.0 Å². The molecule has 0 bridgehead atoms. The van der Waals surface area contributed by atoms with Crippen molar-refractivity contribution in [2.45, 2.75) is 6.92 Å². The van der Waals surface area contributed by atoms with E-state index in [2.05, 4.69) is 15.6 Å². The number of anilines is 1.